The summed E-state index contributed by atoms with van der Waals surface area (Å²) in [5.74, 6) is -0.825. The number of hydrogen-bond acceptors (Lipinski definition) is 7. The highest BCUT2D eigenvalue weighted by Gasteiger charge is 2.39. The van der Waals surface area contributed by atoms with E-state index in [0.29, 0.717) is 64.6 Å². The zero-order chi connectivity index (χ0) is 21.3. The molecule has 9 heteroatoms. The van der Waals surface area contributed by atoms with Crippen LogP contribution in [0.2, 0.25) is 0 Å². The molecule has 0 radical (unpaired) electrons. The van der Waals surface area contributed by atoms with Crippen LogP contribution in [0.1, 0.15) is 40.7 Å². The summed E-state index contributed by atoms with van der Waals surface area (Å²) < 4.78 is 10.9. The lowest BCUT2D eigenvalue weighted by Crippen LogP contribution is -2.52. The van der Waals surface area contributed by atoms with E-state index in [1.165, 1.54) is 0 Å². The van der Waals surface area contributed by atoms with Crippen molar-refractivity contribution < 1.29 is 23.9 Å². The number of nitrogens with one attached hydrogen (secondary N) is 2. The Balaban J connectivity index is 1.45. The van der Waals surface area contributed by atoms with Crippen LogP contribution in [0.15, 0.2) is 18.2 Å². The van der Waals surface area contributed by atoms with Crippen molar-refractivity contribution >= 4 is 17.7 Å². The summed E-state index contributed by atoms with van der Waals surface area (Å²) in [4.78, 5) is 38.2. The van der Waals surface area contributed by atoms with Crippen molar-refractivity contribution in [2.75, 3.05) is 39.5 Å². The molecule has 30 heavy (non-hydrogen) atoms. The maximum atomic E-state index is 13.0. The van der Waals surface area contributed by atoms with Crippen molar-refractivity contribution in [3.05, 3.63) is 34.9 Å². The molecule has 1 aromatic carbocycles. The highest BCUT2D eigenvalue weighted by Crippen LogP contribution is 2.29. The van der Waals surface area contributed by atoms with Crippen LogP contribution < -0.4 is 16.4 Å². The van der Waals surface area contributed by atoms with Crippen LogP contribution in [0, 0.1) is 0 Å². The average Bonchev–Trinajstić information content (AvgIpc) is 3.06. The number of rotatable bonds is 12. The number of hydrogen-bond donors (Lipinski definition) is 3. The number of amides is 3. The number of carbonyl (C=O) groups is 3. The summed E-state index contributed by atoms with van der Waals surface area (Å²) in [6.07, 6.45) is 1.47. The van der Waals surface area contributed by atoms with Gasteiger partial charge in [0.05, 0.1) is 19.8 Å². The maximum absolute atomic E-state index is 13.0. The summed E-state index contributed by atoms with van der Waals surface area (Å²) in [7, 11) is 0. The van der Waals surface area contributed by atoms with E-state index in [1.807, 2.05) is 18.2 Å². The number of imide groups is 1. The molecular weight excluding hydrogens is 388 g/mol. The second kappa shape index (κ2) is 11.2. The molecule has 9 nitrogen and oxygen atoms in total. The molecule has 1 unspecified atom stereocenters. The van der Waals surface area contributed by atoms with Gasteiger partial charge in [-0.15, -0.1) is 0 Å². The average molecular weight is 418 g/mol. The van der Waals surface area contributed by atoms with E-state index in [1.54, 1.807) is 4.90 Å². The number of nitrogens with zero attached hydrogens (tertiary/aromatic N) is 1. The minimum Gasteiger partial charge on any atom is -0.379 e. The van der Waals surface area contributed by atoms with Gasteiger partial charge in [-0.3, -0.25) is 19.7 Å². The molecule has 0 aliphatic carbocycles. The molecule has 1 aromatic rings. The molecule has 1 saturated heterocycles. The topological polar surface area (TPSA) is 123 Å². The van der Waals surface area contributed by atoms with Gasteiger partial charge in [0, 0.05) is 38.2 Å². The molecule has 0 aromatic heterocycles. The summed E-state index contributed by atoms with van der Waals surface area (Å²) in [5.41, 5.74) is 7.87. The third kappa shape index (κ3) is 5.63. The first-order valence-electron chi connectivity index (χ1n) is 10.4. The lowest BCUT2D eigenvalue weighted by Gasteiger charge is -2.29. The van der Waals surface area contributed by atoms with Gasteiger partial charge in [-0.1, -0.05) is 18.2 Å². The molecule has 2 heterocycles. The van der Waals surface area contributed by atoms with Crippen LogP contribution in [0.4, 0.5) is 0 Å². The number of ether oxygens (including phenoxy) is 2. The van der Waals surface area contributed by atoms with E-state index in [-0.39, 0.29) is 18.2 Å². The van der Waals surface area contributed by atoms with E-state index < -0.39 is 11.9 Å². The van der Waals surface area contributed by atoms with Crippen molar-refractivity contribution in [2.45, 2.75) is 38.4 Å². The lowest BCUT2D eigenvalue weighted by atomic mass is 10.0. The minimum absolute atomic E-state index is 0.150. The van der Waals surface area contributed by atoms with Crippen LogP contribution in [0.25, 0.3) is 0 Å². The fourth-order valence-corrected chi connectivity index (χ4v) is 3.71. The summed E-state index contributed by atoms with van der Waals surface area (Å²) >= 11 is 0. The van der Waals surface area contributed by atoms with Gasteiger partial charge in [0.2, 0.25) is 11.8 Å². The molecule has 3 amide bonds. The monoisotopic (exact) mass is 418 g/mol. The predicted octanol–water partition coefficient (Wildman–Crippen LogP) is -0.0808. The maximum Gasteiger partial charge on any atom is 0.255 e. The van der Waals surface area contributed by atoms with E-state index in [0.717, 1.165) is 17.5 Å². The smallest absolute Gasteiger partial charge is 0.255 e. The highest BCUT2D eigenvalue weighted by molar-refractivity contribution is 6.05. The quantitative estimate of drug-likeness (QED) is 0.320. The van der Waals surface area contributed by atoms with Gasteiger partial charge >= 0.3 is 0 Å². The molecule has 2 aliphatic rings. The fourth-order valence-electron chi connectivity index (χ4n) is 3.71. The van der Waals surface area contributed by atoms with Crippen LogP contribution in [0.3, 0.4) is 0 Å². The Morgan fingerprint density at radius 3 is 2.70 bits per heavy atom. The zero-order valence-electron chi connectivity index (χ0n) is 17.2. The molecular formula is C21H30N4O5. The van der Waals surface area contributed by atoms with Gasteiger partial charge in [0.1, 0.15) is 6.04 Å². The number of nitrogens with two attached hydrogens (primary N) is 1. The summed E-state index contributed by atoms with van der Waals surface area (Å²) in [6, 6.07) is 5.16. The van der Waals surface area contributed by atoms with Gasteiger partial charge < -0.3 is 25.4 Å². The van der Waals surface area contributed by atoms with Gasteiger partial charge in [-0.05, 0) is 30.5 Å². The largest absolute Gasteiger partial charge is 0.379 e. The molecule has 2 aliphatic heterocycles. The van der Waals surface area contributed by atoms with E-state index in [4.69, 9.17) is 15.2 Å². The van der Waals surface area contributed by atoms with Crippen molar-refractivity contribution in [2.24, 2.45) is 5.73 Å². The SMILES string of the molecule is NCCCOCCOCCNCc1cccc2c1C(=O)N(C1CCC(=O)NC1=O)C2. The van der Waals surface area contributed by atoms with Crippen molar-refractivity contribution in [3.63, 3.8) is 0 Å². The Labute approximate surface area is 176 Å². The number of carbonyl (C=O) groups excluding carboxylic acids is 3. The van der Waals surface area contributed by atoms with Crippen molar-refractivity contribution in [3.8, 4) is 0 Å². The second-order valence-electron chi connectivity index (χ2n) is 7.39. The van der Waals surface area contributed by atoms with Crippen LogP contribution >= 0.6 is 0 Å². The molecule has 1 atom stereocenters. The van der Waals surface area contributed by atoms with Gasteiger partial charge in [-0.25, -0.2) is 0 Å². The first-order valence-corrected chi connectivity index (χ1v) is 10.4. The Morgan fingerprint density at radius 2 is 1.93 bits per heavy atom. The number of fused-ring (bicyclic) bond motifs is 1. The van der Waals surface area contributed by atoms with E-state index in [2.05, 4.69) is 10.6 Å². The van der Waals surface area contributed by atoms with Gasteiger partial charge in [0.25, 0.3) is 5.91 Å². The fraction of sp³-hybridized carbons (Fsp3) is 0.571. The Bertz CT molecular complexity index is 770. The molecule has 3 rings (SSSR count). The minimum atomic E-state index is -0.594. The Hall–Kier alpha value is -2.33. The van der Waals surface area contributed by atoms with Crippen molar-refractivity contribution in [1.29, 1.82) is 0 Å². The second-order valence-corrected chi connectivity index (χ2v) is 7.39. The molecule has 4 N–H and O–H groups in total. The Kier molecular flexibility index (Phi) is 8.32. The molecule has 1 fully saturated rings. The molecule has 164 valence electrons. The number of piperidine rings is 1. The van der Waals surface area contributed by atoms with Crippen LogP contribution in [-0.2, 0) is 32.2 Å². The molecule has 0 bridgehead atoms. The number of benzene rings is 1. The van der Waals surface area contributed by atoms with Crippen molar-refractivity contribution in [1.82, 2.24) is 15.5 Å². The highest BCUT2D eigenvalue weighted by atomic mass is 16.5. The third-order valence-corrected chi connectivity index (χ3v) is 5.24. The molecule has 0 spiro atoms. The van der Waals surface area contributed by atoms with Gasteiger partial charge in [0.15, 0.2) is 0 Å². The van der Waals surface area contributed by atoms with Crippen LogP contribution in [0.5, 0.6) is 0 Å². The third-order valence-electron chi connectivity index (χ3n) is 5.24. The normalized spacial score (nSPS) is 18.6. The summed E-state index contributed by atoms with van der Waals surface area (Å²) in [5, 5.41) is 5.62. The zero-order valence-corrected chi connectivity index (χ0v) is 17.2. The predicted molar refractivity (Wildman–Crippen MR) is 110 cm³/mol. The standard InChI is InChI=1S/C21H30N4O5/c22-7-2-9-29-11-12-30-10-8-23-13-15-3-1-4-16-14-25(21(28)19(15)16)17-5-6-18(26)24-20(17)27/h1,3-4,17,23H,2,5-14,22H2,(H,24,26,27). The van der Waals surface area contributed by atoms with E-state index >= 15 is 0 Å². The van der Waals surface area contributed by atoms with Gasteiger partial charge in [-0.2, -0.15) is 0 Å². The van der Waals surface area contributed by atoms with E-state index in [9.17, 15) is 14.4 Å². The Morgan fingerprint density at radius 1 is 1.13 bits per heavy atom. The molecule has 0 saturated carbocycles. The summed E-state index contributed by atoms with van der Waals surface area (Å²) in [6.45, 7) is 4.49. The first-order chi connectivity index (χ1) is 14.6. The first kappa shape index (κ1) is 22.4. The van der Waals surface area contributed by atoms with Crippen LogP contribution in [-0.4, -0.2) is 68.2 Å². The lowest BCUT2D eigenvalue weighted by molar-refractivity contribution is -0.136.